The molecule has 0 bridgehead atoms. The molecule has 23 heavy (non-hydrogen) atoms. The molecule has 0 spiro atoms. The van der Waals surface area contributed by atoms with Gasteiger partial charge in [0, 0.05) is 44.6 Å². The van der Waals surface area contributed by atoms with Crippen LogP contribution >= 0.6 is 0 Å². The van der Waals surface area contributed by atoms with E-state index in [1.165, 1.54) is 37.2 Å². The third-order valence-electron chi connectivity index (χ3n) is 4.78. The third-order valence-corrected chi connectivity index (χ3v) is 4.78. The Morgan fingerprint density at radius 2 is 1.91 bits per heavy atom. The van der Waals surface area contributed by atoms with Crippen molar-refractivity contribution in [2.24, 2.45) is 7.05 Å². The minimum Gasteiger partial charge on any atom is -0.371 e. The highest BCUT2D eigenvalue weighted by atomic mass is 15.3. The highest BCUT2D eigenvalue weighted by Crippen LogP contribution is 2.25. The van der Waals surface area contributed by atoms with E-state index < -0.39 is 0 Å². The maximum absolute atomic E-state index is 4.38. The maximum Gasteiger partial charge on any atom is 0.148 e. The second kappa shape index (κ2) is 7.04. The normalized spacial score (nSPS) is 16.5. The minimum absolute atomic E-state index is 0.627. The van der Waals surface area contributed by atoms with Crippen LogP contribution in [-0.4, -0.2) is 47.9 Å². The third kappa shape index (κ3) is 3.85. The molecule has 1 saturated heterocycles. The lowest BCUT2D eigenvalue weighted by atomic mass is 10.0. The van der Waals surface area contributed by atoms with E-state index in [1.807, 2.05) is 24.0 Å². The lowest BCUT2D eigenvalue weighted by Gasteiger charge is -2.37. The Balaban J connectivity index is 1.69. The highest BCUT2D eigenvalue weighted by Gasteiger charge is 2.22. The van der Waals surface area contributed by atoms with E-state index in [0.29, 0.717) is 6.04 Å². The number of aromatic nitrogens is 2. The molecule has 0 unspecified atom stereocenters. The molecule has 2 aromatic rings. The molecule has 0 saturated carbocycles. The summed E-state index contributed by atoms with van der Waals surface area (Å²) in [5, 5.41) is 7.81. The Morgan fingerprint density at radius 3 is 2.61 bits per heavy atom. The van der Waals surface area contributed by atoms with Gasteiger partial charge in [0.1, 0.15) is 5.82 Å². The summed E-state index contributed by atoms with van der Waals surface area (Å²) in [6.07, 6.45) is 4.42. The summed E-state index contributed by atoms with van der Waals surface area (Å²) in [6.45, 7) is 3.16. The van der Waals surface area contributed by atoms with Crippen LogP contribution in [0.1, 0.15) is 18.4 Å². The number of aryl methyl sites for hydroxylation is 1. The standard InChI is InChI=1S/C18H27N5/c1-21-11-8-16(9-12-21)23(3)17-7-5-4-6-15(17)14-19-18-10-13-22(2)20-18/h4-7,10,13,16H,8-9,11-12,14H2,1-3H3,(H,19,20). The molecular weight excluding hydrogens is 286 g/mol. The molecule has 0 atom stereocenters. The minimum atomic E-state index is 0.627. The molecule has 1 aliphatic heterocycles. The monoisotopic (exact) mass is 313 g/mol. The lowest BCUT2D eigenvalue weighted by Crippen LogP contribution is -2.42. The molecule has 1 N–H and O–H groups in total. The molecular formula is C18H27N5. The molecule has 5 heteroatoms. The molecule has 0 aliphatic carbocycles. The summed E-state index contributed by atoms with van der Waals surface area (Å²) in [4.78, 5) is 4.88. The van der Waals surface area contributed by atoms with Crippen LogP contribution in [0, 0.1) is 0 Å². The van der Waals surface area contributed by atoms with Crippen LogP contribution in [0.15, 0.2) is 36.5 Å². The molecule has 2 heterocycles. The Morgan fingerprint density at radius 1 is 1.17 bits per heavy atom. The Labute approximate surface area is 138 Å². The first-order valence-electron chi connectivity index (χ1n) is 8.36. The number of anilines is 2. The smallest absolute Gasteiger partial charge is 0.148 e. The average molecular weight is 313 g/mol. The molecule has 1 aliphatic rings. The number of rotatable bonds is 5. The number of hydrogen-bond acceptors (Lipinski definition) is 4. The fraction of sp³-hybridized carbons (Fsp3) is 0.500. The Bertz CT molecular complexity index is 628. The van der Waals surface area contributed by atoms with Crippen LogP contribution in [0.25, 0.3) is 0 Å². The van der Waals surface area contributed by atoms with E-state index in [2.05, 4.69) is 58.6 Å². The number of nitrogens with zero attached hydrogens (tertiary/aromatic N) is 4. The number of likely N-dealkylation sites (tertiary alicyclic amines) is 1. The maximum atomic E-state index is 4.38. The highest BCUT2D eigenvalue weighted by molar-refractivity contribution is 5.55. The topological polar surface area (TPSA) is 36.3 Å². The first-order chi connectivity index (χ1) is 11.1. The molecule has 0 amide bonds. The van der Waals surface area contributed by atoms with E-state index in [-0.39, 0.29) is 0 Å². The first kappa shape index (κ1) is 15.9. The predicted octanol–water partition coefficient (Wildman–Crippen LogP) is 2.56. The number of piperidine rings is 1. The fourth-order valence-electron chi connectivity index (χ4n) is 3.28. The SMILES string of the molecule is CN1CCC(N(C)c2ccccc2CNc2ccn(C)n2)CC1. The predicted molar refractivity (Wildman–Crippen MR) is 95.9 cm³/mol. The van der Waals surface area contributed by atoms with E-state index in [4.69, 9.17) is 0 Å². The van der Waals surface area contributed by atoms with Gasteiger partial charge in [-0.15, -0.1) is 0 Å². The van der Waals surface area contributed by atoms with Crippen LogP contribution in [0.4, 0.5) is 11.5 Å². The molecule has 124 valence electrons. The molecule has 0 radical (unpaired) electrons. The first-order valence-corrected chi connectivity index (χ1v) is 8.36. The van der Waals surface area contributed by atoms with Gasteiger partial charge in [-0.3, -0.25) is 4.68 Å². The number of para-hydroxylation sites is 1. The van der Waals surface area contributed by atoms with Gasteiger partial charge < -0.3 is 15.1 Å². The van der Waals surface area contributed by atoms with Gasteiger partial charge >= 0.3 is 0 Å². The molecule has 1 fully saturated rings. The summed E-state index contributed by atoms with van der Waals surface area (Å²) in [5.41, 5.74) is 2.64. The van der Waals surface area contributed by atoms with Crippen LogP contribution in [0.5, 0.6) is 0 Å². The van der Waals surface area contributed by atoms with Gasteiger partial charge in [-0.05, 0) is 44.6 Å². The summed E-state index contributed by atoms with van der Waals surface area (Å²) in [7, 11) is 6.38. The molecule has 1 aromatic carbocycles. The van der Waals surface area contributed by atoms with E-state index in [0.717, 1.165) is 12.4 Å². The fourth-order valence-corrected chi connectivity index (χ4v) is 3.28. The van der Waals surface area contributed by atoms with Crippen molar-refractivity contribution in [1.82, 2.24) is 14.7 Å². The summed E-state index contributed by atoms with van der Waals surface area (Å²) in [5.74, 6) is 0.921. The Kier molecular flexibility index (Phi) is 4.86. The van der Waals surface area contributed by atoms with Gasteiger partial charge in [-0.1, -0.05) is 18.2 Å². The van der Waals surface area contributed by atoms with Crippen LogP contribution in [0.3, 0.4) is 0 Å². The molecule has 1 aromatic heterocycles. The second-order valence-electron chi connectivity index (χ2n) is 6.50. The zero-order valence-electron chi connectivity index (χ0n) is 14.4. The summed E-state index contributed by atoms with van der Waals surface area (Å²) < 4.78 is 1.82. The van der Waals surface area contributed by atoms with Crippen LogP contribution in [-0.2, 0) is 13.6 Å². The lowest BCUT2D eigenvalue weighted by molar-refractivity contribution is 0.253. The van der Waals surface area contributed by atoms with Gasteiger partial charge in [0.2, 0.25) is 0 Å². The van der Waals surface area contributed by atoms with Gasteiger partial charge in [-0.2, -0.15) is 5.10 Å². The zero-order chi connectivity index (χ0) is 16.2. The van der Waals surface area contributed by atoms with Gasteiger partial charge in [-0.25, -0.2) is 0 Å². The van der Waals surface area contributed by atoms with Gasteiger partial charge in [0.15, 0.2) is 0 Å². The summed E-state index contributed by atoms with van der Waals surface area (Å²) in [6, 6.07) is 11.3. The van der Waals surface area contributed by atoms with E-state index in [1.54, 1.807) is 0 Å². The average Bonchev–Trinajstić information content (AvgIpc) is 2.99. The van der Waals surface area contributed by atoms with E-state index in [9.17, 15) is 0 Å². The quantitative estimate of drug-likeness (QED) is 0.920. The molecule has 3 rings (SSSR count). The van der Waals surface area contributed by atoms with Crippen molar-refractivity contribution in [2.45, 2.75) is 25.4 Å². The van der Waals surface area contributed by atoms with Crippen molar-refractivity contribution in [3.63, 3.8) is 0 Å². The zero-order valence-corrected chi connectivity index (χ0v) is 14.4. The second-order valence-corrected chi connectivity index (χ2v) is 6.50. The number of nitrogens with one attached hydrogen (secondary N) is 1. The number of hydrogen-bond donors (Lipinski definition) is 1. The van der Waals surface area contributed by atoms with Crippen molar-refractivity contribution in [3.05, 3.63) is 42.1 Å². The van der Waals surface area contributed by atoms with Crippen molar-refractivity contribution in [2.75, 3.05) is 37.4 Å². The number of benzene rings is 1. The van der Waals surface area contributed by atoms with Crippen molar-refractivity contribution in [3.8, 4) is 0 Å². The van der Waals surface area contributed by atoms with Gasteiger partial charge in [0.05, 0.1) is 0 Å². The van der Waals surface area contributed by atoms with Crippen LogP contribution in [0.2, 0.25) is 0 Å². The van der Waals surface area contributed by atoms with E-state index >= 15 is 0 Å². The van der Waals surface area contributed by atoms with Crippen molar-refractivity contribution in [1.29, 1.82) is 0 Å². The Hall–Kier alpha value is -2.01. The van der Waals surface area contributed by atoms with Gasteiger partial charge in [0.25, 0.3) is 0 Å². The van der Waals surface area contributed by atoms with Crippen LogP contribution < -0.4 is 10.2 Å². The summed E-state index contributed by atoms with van der Waals surface area (Å²) >= 11 is 0. The van der Waals surface area contributed by atoms with Crippen molar-refractivity contribution >= 4 is 11.5 Å². The van der Waals surface area contributed by atoms with Crippen molar-refractivity contribution < 1.29 is 0 Å². The largest absolute Gasteiger partial charge is 0.371 e. The molecule has 5 nitrogen and oxygen atoms in total.